The van der Waals surface area contributed by atoms with E-state index in [1.165, 1.54) is 0 Å². The Hall–Kier alpha value is -1.60. The lowest BCUT2D eigenvalue weighted by Gasteiger charge is -2.25. The molecule has 22 heavy (non-hydrogen) atoms. The molecule has 1 aromatic carbocycles. The number of amides is 1. The van der Waals surface area contributed by atoms with E-state index >= 15 is 0 Å². The largest absolute Gasteiger partial charge is 0.491 e. The van der Waals surface area contributed by atoms with Crippen molar-refractivity contribution in [3.63, 3.8) is 0 Å². The second kappa shape index (κ2) is 6.66. The lowest BCUT2D eigenvalue weighted by atomic mass is 10.1. The van der Waals surface area contributed by atoms with Gasteiger partial charge in [0.2, 0.25) is 15.9 Å². The van der Waals surface area contributed by atoms with Crippen molar-refractivity contribution in [3.8, 4) is 5.75 Å². The SMILES string of the molecule is Cc1ccccc1OCC(C)N1CC(CS(N)(=O)=O)CC1=O. The molecule has 0 bridgehead atoms. The summed E-state index contributed by atoms with van der Waals surface area (Å²) in [6.45, 7) is 4.64. The number of carbonyl (C=O) groups excluding carboxylic acids is 1. The second-order valence-corrected chi connectivity index (χ2v) is 7.53. The van der Waals surface area contributed by atoms with Crippen molar-refractivity contribution >= 4 is 15.9 Å². The summed E-state index contributed by atoms with van der Waals surface area (Å²) in [5, 5.41) is 5.05. The molecule has 1 aromatic rings. The summed E-state index contributed by atoms with van der Waals surface area (Å²) in [5.74, 6) is 0.362. The molecule has 1 heterocycles. The van der Waals surface area contributed by atoms with Gasteiger partial charge < -0.3 is 9.64 Å². The maximum absolute atomic E-state index is 12.0. The fourth-order valence-corrected chi connectivity index (χ4v) is 3.57. The van der Waals surface area contributed by atoms with E-state index in [4.69, 9.17) is 9.88 Å². The quantitative estimate of drug-likeness (QED) is 0.841. The van der Waals surface area contributed by atoms with Gasteiger partial charge in [0.05, 0.1) is 11.8 Å². The Balaban J connectivity index is 1.91. The molecule has 0 aliphatic carbocycles. The van der Waals surface area contributed by atoms with Crippen molar-refractivity contribution in [2.45, 2.75) is 26.3 Å². The number of benzene rings is 1. The zero-order chi connectivity index (χ0) is 16.3. The van der Waals surface area contributed by atoms with Gasteiger partial charge in [-0.05, 0) is 25.5 Å². The lowest BCUT2D eigenvalue weighted by Crippen LogP contribution is -2.39. The van der Waals surface area contributed by atoms with Gasteiger partial charge in [0.15, 0.2) is 0 Å². The number of hydrogen-bond acceptors (Lipinski definition) is 4. The van der Waals surface area contributed by atoms with E-state index < -0.39 is 10.0 Å². The third-order valence-corrected chi connectivity index (χ3v) is 4.75. The summed E-state index contributed by atoms with van der Waals surface area (Å²) in [6.07, 6.45) is 0.227. The number of carbonyl (C=O) groups is 1. The molecule has 0 radical (unpaired) electrons. The van der Waals surface area contributed by atoms with Gasteiger partial charge in [-0.1, -0.05) is 18.2 Å². The van der Waals surface area contributed by atoms with Crippen LogP contribution >= 0.6 is 0 Å². The summed E-state index contributed by atoms with van der Waals surface area (Å²) in [6, 6.07) is 7.57. The maximum atomic E-state index is 12.0. The summed E-state index contributed by atoms with van der Waals surface area (Å²) in [5.41, 5.74) is 1.04. The number of ether oxygens (including phenoxy) is 1. The van der Waals surface area contributed by atoms with E-state index in [1.807, 2.05) is 38.1 Å². The van der Waals surface area contributed by atoms with Gasteiger partial charge in [0, 0.05) is 18.9 Å². The third-order valence-electron chi connectivity index (χ3n) is 3.81. The predicted octanol–water partition coefficient (Wildman–Crippen LogP) is 0.899. The molecule has 0 saturated carbocycles. The van der Waals surface area contributed by atoms with Gasteiger partial charge in [-0.2, -0.15) is 0 Å². The normalized spacial score (nSPS) is 20.2. The smallest absolute Gasteiger partial charge is 0.223 e. The Bertz CT molecular complexity index is 645. The predicted molar refractivity (Wildman–Crippen MR) is 83.9 cm³/mol. The Morgan fingerprint density at radius 1 is 1.41 bits per heavy atom. The number of para-hydroxylation sites is 1. The molecule has 1 aliphatic heterocycles. The minimum Gasteiger partial charge on any atom is -0.491 e. The maximum Gasteiger partial charge on any atom is 0.223 e. The van der Waals surface area contributed by atoms with Crippen LogP contribution in [0.1, 0.15) is 18.9 Å². The van der Waals surface area contributed by atoms with E-state index in [9.17, 15) is 13.2 Å². The molecule has 2 atom stereocenters. The highest BCUT2D eigenvalue weighted by Gasteiger charge is 2.34. The Morgan fingerprint density at radius 2 is 2.09 bits per heavy atom. The summed E-state index contributed by atoms with van der Waals surface area (Å²) in [7, 11) is -3.55. The Labute approximate surface area is 131 Å². The van der Waals surface area contributed by atoms with Crippen LogP contribution in [0, 0.1) is 12.8 Å². The number of aryl methyl sites for hydroxylation is 1. The summed E-state index contributed by atoms with van der Waals surface area (Å²) < 4.78 is 28.0. The molecule has 1 saturated heterocycles. The van der Waals surface area contributed by atoms with Crippen LogP contribution in [-0.2, 0) is 14.8 Å². The van der Waals surface area contributed by atoms with Crippen molar-refractivity contribution in [3.05, 3.63) is 29.8 Å². The highest BCUT2D eigenvalue weighted by atomic mass is 32.2. The fraction of sp³-hybridized carbons (Fsp3) is 0.533. The molecular weight excluding hydrogens is 304 g/mol. The first-order valence-electron chi connectivity index (χ1n) is 7.24. The molecule has 7 heteroatoms. The number of hydrogen-bond donors (Lipinski definition) is 1. The molecule has 0 spiro atoms. The highest BCUT2D eigenvalue weighted by Crippen LogP contribution is 2.22. The molecule has 0 aromatic heterocycles. The molecule has 2 N–H and O–H groups in total. The number of primary sulfonamides is 1. The summed E-state index contributed by atoms with van der Waals surface area (Å²) >= 11 is 0. The van der Waals surface area contributed by atoms with E-state index in [2.05, 4.69) is 0 Å². The summed E-state index contributed by atoms with van der Waals surface area (Å²) in [4.78, 5) is 13.7. The van der Waals surface area contributed by atoms with E-state index in [-0.39, 0.29) is 30.0 Å². The van der Waals surface area contributed by atoms with Crippen LogP contribution in [0.3, 0.4) is 0 Å². The van der Waals surface area contributed by atoms with Crippen molar-refractivity contribution < 1.29 is 17.9 Å². The van der Waals surface area contributed by atoms with Crippen LogP contribution in [0.4, 0.5) is 0 Å². The number of rotatable bonds is 6. The zero-order valence-electron chi connectivity index (χ0n) is 12.9. The van der Waals surface area contributed by atoms with Gasteiger partial charge in [-0.3, -0.25) is 4.79 Å². The van der Waals surface area contributed by atoms with E-state index in [0.717, 1.165) is 11.3 Å². The number of likely N-dealkylation sites (tertiary alicyclic amines) is 1. The van der Waals surface area contributed by atoms with Crippen LogP contribution < -0.4 is 9.88 Å². The van der Waals surface area contributed by atoms with Crippen molar-refractivity contribution in [2.24, 2.45) is 11.1 Å². The standard InChI is InChI=1S/C15H22N2O4S/c1-11-5-3-4-6-14(11)21-9-12(2)17-8-13(7-15(17)18)10-22(16,19)20/h3-6,12-13H,7-10H2,1-2H3,(H2,16,19,20). The van der Waals surface area contributed by atoms with Gasteiger partial charge in [-0.25, -0.2) is 13.6 Å². The van der Waals surface area contributed by atoms with Crippen LogP contribution in [-0.4, -0.2) is 44.2 Å². The van der Waals surface area contributed by atoms with Crippen LogP contribution in [0.5, 0.6) is 5.75 Å². The van der Waals surface area contributed by atoms with Gasteiger partial charge in [0.1, 0.15) is 12.4 Å². The van der Waals surface area contributed by atoms with Gasteiger partial charge in [0.25, 0.3) is 0 Å². The average Bonchev–Trinajstić information content (AvgIpc) is 2.76. The Kier molecular flexibility index (Phi) is 5.08. The number of nitrogens with zero attached hydrogens (tertiary/aromatic N) is 1. The minimum atomic E-state index is -3.55. The van der Waals surface area contributed by atoms with E-state index in [0.29, 0.717) is 13.2 Å². The molecule has 1 fully saturated rings. The number of nitrogens with two attached hydrogens (primary N) is 1. The molecule has 2 rings (SSSR count). The van der Waals surface area contributed by atoms with Crippen molar-refractivity contribution in [2.75, 3.05) is 18.9 Å². The average molecular weight is 326 g/mol. The Morgan fingerprint density at radius 3 is 2.73 bits per heavy atom. The highest BCUT2D eigenvalue weighted by molar-refractivity contribution is 7.89. The second-order valence-electron chi connectivity index (χ2n) is 5.87. The van der Waals surface area contributed by atoms with Gasteiger partial charge in [-0.15, -0.1) is 0 Å². The van der Waals surface area contributed by atoms with E-state index in [1.54, 1.807) is 4.90 Å². The molecule has 1 aliphatic rings. The number of sulfonamides is 1. The molecular formula is C15H22N2O4S. The molecule has 122 valence electrons. The zero-order valence-corrected chi connectivity index (χ0v) is 13.7. The third kappa shape index (κ3) is 4.45. The first-order valence-corrected chi connectivity index (χ1v) is 8.96. The first-order chi connectivity index (χ1) is 10.3. The lowest BCUT2D eigenvalue weighted by molar-refractivity contribution is -0.129. The topological polar surface area (TPSA) is 89.7 Å². The first kappa shape index (κ1) is 16.8. The van der Waals surface area contributed by atoms with Crippen molar-refractivity contribution in [1.82, 2.24) is 4.90 Å². The van der Waals surface area contributed by atoms with Crippen LogP contribution in [0.15, 0.2) is 24.3 Å². The monoisotopic (exact) mass is 326 g/mol. The van der Waals surface area contributed by atoms with Crippen LogP contribution in [0.25, 0.3) is 0 Å². The minimum absolute atomic E-state index is 0.0467. The molecule has 2 unspecified atom stereocenters. The van der Waals surface area contributed by atoms with Crippen molar-refractivity contribution in [1.29, 1.82) is 0 Å². The van der Waals surface area contributed by atoms with Crippen LogP contribution in [0.2, 0.25) is 0 Å². The molecule has 6 nitrogen and oxygen atoms in total. The molecule has 1 amide bonds. The fourth-order valence-electron chi connectivity index (χ4n) is 2.69. The van der Waals surface area contributed by atoms with Gasteiger partial charge >= 0.3 is 0 Å².